The number of hydrogen-bond donors (Lipinski definition) is 0. The third kappa shape index (κ3) is 2.86. The van der Waals surface area contributed by atoms with Crippen molar-refractivity contribution < 1.29 is 9.53 Å². The second-order valence-corrected chi connectivity index (χ2v) is 3.21. The van der Waals surface area contributed by atoms with E-state index in [0.29, 0.717) is 5.75 Å². The van der Waals surface area contributed by atoms with Crippen molar-refractivity contribution >= 4 is 5.97 Å². The number of hydrogen-bond acceptors (Lipinski definition) is 3. The minimum atomic E-state index is -0.231. The van der Waals surface area contributed by atoms with E-state index >= 15 is 0 Å². The third-order valence-electron chi connectivity index (χ3n) is 1.57. The lowest BCUT2D eigenvalue weighted by Crippen LogP contribution is -2.14. The fraction of sp³-hybridized carbons (Fsp3) is 0.400. The molecule has 3 nitrogen and oxygen atoms in total. The summed E-state index contributed by atoms with van der Waals surface area (Å²) < 4.78 is 5.03. The van der Waals surface area contributed by atoms with Crippen molar-refractivity contribution in [1.29, 1.82) is 0 Å². The molecule has 70 valence electrons. The summed E-state index contributed by atoms with van der Waals surface area (Å²) in [6.45, 7) is 5.47. The van der Waals surface area contributed by atoms with Crippen LogP contribution < -0.4 is 4.74 Å². The number of aryl methyl sites for hydroxylation is 1. The number of nitrogens with zero attached hydrogens (tertiary/aromatic N) is 1. The number of ether oxygens (including phenoxy) is 1. The summed E-state index contributed by atoms with van der Waals surface area (Å²) in [7, 11) is 0. The molecular formula is C10H13NO2. The van der Waals surface area contributed by atoms with Gasteiger partial charge >= 0.3 is 5.97 Å². The minimum Gasteiger partial charge on any atom is -0.425 e. The van der Waals surface area contributed by atoms with Gasteiger partial charge in [-0.25, -0.2) is 0 Å². The molecule has 0 saturated carbocycles. The minimum absolute atomic E-state index is 0.110. The van der Waals surface area contributed by atoms with Crippen molar-refractivity contribution in [2.45, 2.75) is 20.8 Å². The van der Waals surface area contributed by atoms with Crippen LogP contribution in [-0.2, 0) is 4.79 Å². The Morgan fingerprint density at radius 2 is 2.15 bits per heavy atom. The summed E-state index contributed by atoms with van der Waals surface area (Å²) in [5.74, 6) is 0.163. The molecule has 1 rings (SSSR count). The molecule has 0 atom stereocenters. The highest BCUT2D eigenvalue weighted by Gasteiger charge is 2.09. The van der Waals surface area contributed by atoms with E-state index in [0.717, 1.165) is 5.69 Å². The Morgan fingerprint density at radius 3 is 2.62 bits per heavy atom. The van der Waals surface area contributed by atoms with Gasteiger partial charge in [0.15, 0.2) is 0 Å². The number of pyridine rings is 1. The molecule has 0 N–H and O–H groups in total. The number of carbonyl (C=O) groups excluding carboxylic acids is 1. The molecule has 0 fully saturated rings. The van der Waals surface area contributed by atoms with Gasteiger partial charge in [0.2, 0.25) is 0 Å². The van der Waals surface area contributed by atoms with Crippen LogP contribution in [0.25, 0.3) is 0 Å². The summed E-state index contributed by atoms with van der Waals surface area (Å²) in [4.78, 5) is 15.2. The summed E-state index contributed by atoms with van der Waals surface area (Å²) in [5, 5.41) is 0. The summed E-state index contributed by atoms with van der Waals surface area (Å²) in [6.07, 6.45) is 1.55. The average molecular weight is 179 g/mol. The molecular weight excluding hydrogens is 166 g/mol. The monoisotopic (exact) mass is 179 g/mol. The molecule has 0 aliphatic rings. The molecule has 1 heterocycles. The summed E-state index contributed by atoms with van der Waals surface area (Å²) >= 11 is 0. The van der Waals surface area contributed by atoms with E-state index in [9.17, 15) is 4.79 Å². The molecule has 0 bridgehead atoms. The first-order chi connectivity index (χ1) is 6.09. The van der Waals surface area contributed by atoms with Crippen molar-refractivity contribution in [3.63, 3.8) is 0 Å². The van der Waals surface area contributed by atoms with Crippen molar-refractivity contribution in [1.82, 2.24) is 4.98 Å². The van der Waals surface area contributed by atoms with E-state index in [2.05, 4.69) is 4.98 Å². The van der Waals surface area contributed by atoms with Gasteiger partial charge in [0.05, 0.1) is 12.1 Å². The maximum Gasteiger partial charge on any atom is 0.313 e. The molecule has 0 spiro atoms. The number of esters is 1. The average Bonchev–Trinajstić information content (AvgIpc) is 2.08. The van der Waals surface area contributed by atoms with Gasteiger partial charge in [0, 0.05) is 5.69 Å². The number of carbonyl (C=O) groups is 1. The Labute approximate surface area is 77.8 Å². The zero-order valence-electron chi connectivity index (χ0n) is 8.07. The Bertz CT molecular complexity index is 290. The first kappa shape index (κ1) is 9.71. The van der Waals surface area contributed by atoms with Crippen LogP contribution in [0.4, 0.5) is 0 Å². The Kier molecular flexibility index (Phi) is 3.01. The van der Waals surface area contributed by atoms with Crippen LogP contribution in [0.3, 0.4) is 0 Å². The maximum atomic E-state index is 11.1. The van der Waals surface area contributed by atoms with E-state index in [-0.39, 0.29) is 11.9 Å². The molecule has 0 aliphatic carbocycles. The van der Waals surface area contributed by atoms with Crippen molar-refractivity contribution in [2.24, 2.45) is 5.92 Å². The van der Waals surface area contributed by atoms with Crippen LogP contribution in [0.1, 0.15) is 19.5 Å². The molecule has 3 heteroatoms. The first-order valence-electron chi connectivity index (χ1n) is 4.24. The second-order valence-electron chi connectivity index (χ2n) is 3.21. The van der Waals surface area contributed by atoms with E-state index in [1.165, 1.54) is 0 Å². The molecule has 0 amide bonds. The van der Waals surface area contributed by atoms with E-state index in [4.69, 9.17) is 4.74 Å². The predicted molar refractivity (Wildman–Crippen MR) is 49.4 cm³/mol. The standard InChI is InChI=1S/C10H13NO2/c1-7(2)10(12)13-9-5-4-8(3)11-6-9/h4-7H,1-3H3. The number of rotatable bonds is 2. The third-order valence-corrected chi connectivity index (χ3v) is 1.57. The topological polar surface area (TPSA) is 39.2 Å². The van der Waals surface area contributed by atoms with Gasteiger partial charge in [-0.05, 0) is 19.1 Å². The Morgan fingerprint density at radius 1 is 1.46 bits per heavy atom. The normalized spacial score (nSPS) is 10.2. The quantitative estimate of drug-likeness (QED) is 0.651. The Hall–Kier alpha value is -1.38. The van der Waals surface area contributed by atoms with Gasteiger partial charge in [0.1, 0.15) is 5.75 Å². The molecule has 0 radical (unpaired) electrons. The SMILES string of the molecule is Cc1ccc(OC(=O)C(C)C)cn1. The van der Waals surface area contributed by atoms with Gasteiger partial charge in [-0.3, -0.25) is 9.78 Å². The predicted octanol–water partition coefficient (Wildman–Crippen LogP) is 1.95. The molecule has 0 aliphatic heterocycles. The molecule has 1 aromatic rings. The van der Waals surface area contributed by atoms with Gasteiger partial charge in [-0.15, -0.1) is 0 Å². The highest BCUT2D eigenvalue weighted by molar-refractivity contribution is 5.74. The fourth-order valence-corrected chi connectivity index (χ4v) is 0.749. The lowest BCUT2D eigenvalue weighted by Gasteiger charge is -2.05. The fourth-order valence-electron chi connectivity index (χ4n) is 0.749. The van der Waals surface area contributed by atoms with Crippen LogP contribution in [0, 0.1) is 12.8 Å². The lowest BCUT2D eigenvalue weighted by molar-refractivity contribution is -0.137. The molecule has 1 aromatic heterocycles. The molecule has 0 aromatic carbocycles. The molecule has 0 unspecified atom stereocenters. The smallest absolute Gasteiger partial charge is 0.313 e. The van der Waals surface area contributed by atoms with Crippen molar-refractivity contribution in [3.8, 4) is 5.75 Å². The number of aromatic nitrogens is 1. The van der Waals surface area contributed by atoms with Crippen molar-refractivity contribution in [3.05, 3.63) is 24.0 Å². The van der Waals surface area contributed by atoms with E-state index in [1.807, 2.05) is 13.0 Å². The largest absolute Gasteiger partial charge is 0.425 e. The second kappa shape index (κ2) is 4.03. The van der Waals surface area contributed by atoms with Crippen LogP contribution in [-0.4, -0.2) is 11.0 Å². The highest BCUT2D eigenvalue weighted by atomic mass is 16.5. The lowest BCUT2D eigenvalue weighted by atomic mass is 10.2. The van der Waals surface area contributed by atoms with Gasteiger partial charge in [-0.2, -0.15) is 0 Å². The van der Waals surface area contributed by atoms with Crippen LogP contribution in [0.15, 0.2) is 18.3 Å². The summed E-state index contributed by atoms with van der Waals surface area (Å²) in [6, 6.07) is 3.55. The molecule has 13 heavy (non-hydrogen) atoms. The maximum absolute atomic E-state index is 11.1. The van der Waals surface area contributed by atoms with E-state index < -0.39 is 0 Å². The zero-order valence-corrected chi connectivity index (χ0v) is 8.07. The summed E-state index contributed by atoms with van der Waals surface area (Å²) in [5.41, 5.74) is 0.907. The van der Waals surface area contributed by atoms with Gasteiger partial charge < -0.3 is 4.74 Å². The first-order valence-corrected chi connectivity index (χ1v) is 4.24. The Balaban J connectivity index is 2.65. The van der Waals surface area contributed by atoms with E-state index in [1.54, 1.807) is 26.1 Å². The van der Waals surface area contributed by atoms with Crippen LogP contribution >= 0.6 is 0 Å². The van der Waals surface area contributed by atoms with Crippen LogP contribution in [0.2, 0.25) is 0 Å². The van der Waals surface area contributed by atoms with Crippen molar-refractivity contribution in [2.75, 3.05) is 0 Å². The molecule has 0 saturated heterocycles. The van der Waals surface area contributed by atoms with Gasteiger partial charge in [-0.1, -0.05) is 13.8 Å². The zero-order chi connectivity index (χ0) is 9.84. The van der Waals surface area contributed by atoms with Gasteiger partial charge in [0.25, 0.3) is 0 Å². The van der Waals surface area contributed by atoms with Crippen LogP contribution in [0.5, 0.6) is 5.75 Å². The highest BCUT2D eigenvalue weighted by Crippen LogP contribution is 2.10.